The molecule has 39 heavy (non-hydrogen) atoms. The van der Waals surface area contributed by atoms with Gasteiger partial charge in [-0.2, -0.15) is 0 Å². The van der Waals surface area contributed by atoms with Gasteiger partial charge < -0.3 is 19.5 Å². The Labute approximate surface area is 271 Å². The van der Waals surface area contributed by atoms with E-state index in [-0.39, 0.29) is 34.3 Å². The number of rotatable bonds is 22. The van der Waals surface area contributed by atoms with E-state index < -0.39 is 0 Å². The third-order valence-electron chi connectivity index (χ3n) is 10.2. The third kappa shape index (κ3) is 12.0. The molecule has 0 rings (SSSR count). The highest BCUT2D eigenvalue weighted by molar-refractivity contribution is 14.1. The first-order valence-corrected chi connectivity index (χ1v) is 17.4. The fraction of sp³-hybridized carbons (Fsp3) is 1.00. The summed E-state index contributed by atoms with van der Waals surface area (Å²) in [6.45, 7) is 31.5. The molecule has 0 amide bonds. The van der Waals surface area contributed by atoms with E-state index in [1.165, 1.54) is 0 Å². The number of hydrogen-bond acceptors (Lipinski definition) is 6. The molecule has 8 heteroatoms. The van der Waals surface area contributed by atoms with E-state index in [1.807, 2.05) is 7.05 Å². The molecule has 0 radical (unpaired) electrons. The van der Waals surface area contributed by atoms with E-state index in [0.29, 0.717) is 37.0 Å². The molecule has 9 unspecified atom stereocenters. The second-order valence-corrected chi connectivity index (χ2v) is 14.5. The third-order valence-corrected chi connectivity index (χ3v) is 12.9. The molecule has 0 bridgehead atoms. The molecule has 0 aromatic carbocycles. The van der Waals surface area contributed by atoms with Gasteiger partial charge in [-0.3, -0.25) is 7.06 Å². The average Bonchev–Trinajstić information content (AvgIpc) is 2.94. The van der Waals surface area contributed by atoms with Crippen LogP contribution >= 0.6 is 45.7 Å². The summed E-state index contributed by atoms with van der Waals surface area (Å²) in [6, 6.07) is 0.415. The predicted octanol–water partition coefficient (Wildman–Crippen LogP) is 8.11. The van der Waals surface area contributed by atoms with Gasteiger partial charge >= 0.3 is 0 Å². The van der Waals surface area contributed by atoms with Gasteiger partial charge in [0.1, 0.15) is 0 Å². The van der Waals surface area contributed by atoms with E-state index >= 15 is 0 Å². The van der Waals surface area contributed by atoms with Gasteiger partial charge in [-0.25, -0.2) is 0 Å². The summed E-state index contributed by atoms with van der Waals surface area (Å²) >= 11 is 4.56. The monoisotopic (exact) mass is 781 g/mol. The minimum absolute atomic E-state index is 0.0156. The van der Waals surface area contributed by atoms with Gasteiger partial charge in [0.2, 0.25) is 0 Å². The largest absolute Gasteiger partial charge is 0.378 e. The first-order valence-electron chi connectivity index (χ1n) is 15.3. The lowest BCUT2D eigenvalue weighted by Crippen LogP contribution is -2.55. The van der Waals surface area contributed by atoms with E-state index in [2.05, 4.69) is 148 Å². The Kier molecular flexibility index (Phi) is 18.7. The summed E-state index contributed by atoms with van der Waals surface area (Å²) in [5, 5.41) is 3.36. The second kappa shape index (κ2) is 18.1. The van der Waals surface area contributed by atoms with Crippen LogP contribution in [-0.2, 0) is 14.2 Å². The van der Waals surface area contributed by atoms with Gasteiger partial charge in [0, 0.05) is 68.8 Å². The molecule has 0 heterocycles. The van der Waals surface area contributed by atoms with Gasteiger partial charge in [-0.15, -0.1) is 0 Å². The Morgan fingerprint density at radius 1 is 0.692 bits per heavy atom. The summed E-state index contributed by atoms with van der Waals surface area (Å²) in [4.78, 5) is 0. The van der Waals surface area contributed by atoms with Crippen LogP contribution in [0, 0.1) is 23.7 Å². The maximum absolute atomic E-state index is 6.98. The Morgan fingerprint density at radius 2 is 1.18 bits per heavy atom. The summed E-state index contributed by atoms with van der Waals surface area (Å²) < 4.78 is 27.3. The fourth-order valence-electron chi connectivity index (χ4n) is 4.81. The molecule has 9 atom stereocenters. The highest BCUT2D eigenvalue weighted by Crippen LogP contribution is 2.43. The molecule has 3 N–H and O–H groups in total. The lowest BCUT2D eigenvalue weighted by atomic mass is 9.71. The van der Waals surface area contributed by atoms with Gasteiger partial charge in [-0.1, -0.05) is 41.5 Å². The topological polar surface area (TPSA) is 63.8 Å². The van der Waals surface area contributed by atoms with Crippen LogP contribution in [0.25, 0.3) is 0 Å². The smallest absolute Gasteiger partial charge is 0.0708 e. The van der Waals surface area contributed by atoms with E-state index in [4.69, 9.17) is 14.2 Å². The zero-order chi connectivity index (χ0) is 30.7. The average molecular weight is 782 g/mol. The van der Waals surface area contributed by atoms with Crippen molar-refractivity contribution in [1.82, 2.24) is 12.4 Å². The van der Waals surface area contributed by atoms with Crippen molar-refractivity contribution in [3.63, 3.8) is 0 Å². The molecular weight excluding hydrogens is 716 g/mol. The van der Waals surface area contributed by atoms with Gasteiger partial charge in [0.15, 0.2) is 0 Å². The lowest BCUT2D eigenvalue weighted by Gasteiger charge is -2.49. The molecule has 0 saturated heterocycles. The maximum Gasteiger partial charge on any atom is 0.0708 e. The van der Waals surface area contributed by atoms with Crippen molar-refractivity contribution in [3.8, 4) is 0 Å². The molecule has 0 aromatic rings. The second-order valence-electron chi connectivity index (χ2n) is 13.4. The highest BCUT2D eigenvalue weighted by atomic mass is 127. The van der Waals surface area contributed by atoms with Gasteiger partial charge in [0.05, 0.1) is 37.1 Å². The summed E-state index contributed by atoms with van der Waals surface area (Å²) in [7, 11) is 2.02. The van der Waals surface area contributed by atoms with Crippen molar-refractivity contribution in [2.24, 2.45) is 23.7 Å². The van der Waals surface area contributed by atoms with Gasteiger partial charge in [-0.05, 0) is 99.0 Å². The van der Waals surface area contributed by atoms with Crippen molar-refractivity contribution >= 4 is 45.7 Å². The molecular formula is C31H65I2N3O3. The quantitative estimate of drug-likeness (QED) is 0.0763. The lowest BCUT2D eigenvalue weighted by molar-refractivity contribution is -0.190. The normalized spacial score (nSPS) is 22.2. The minimum Gasteiger partial charge on any atom is -0.378 e. The Hall–Kier alpha value is 1.22. The molecule has 0 aliphatic carbocycles. The van der Waals surface area contributed by atoms with Crippen LogP contribution in [0.2, 0.25) is 0 Å². The zero-order valence-electron chi connectivity index (χ0n) is 27.9. The molecule has 6 nitrogen and oxygen atoms in total. The minimum atomic E-state index is -0.347. The molecule has 0 fully saturated rings. The van der Waals surface area contributed by atoms with Crippen LogP contribution in [0.15, 0.2) is 0 Å². The number of hydrogen-bond donors (Lipinski definition) is 3. The standard InChI is InChI=1S/C31H65I2N3O3/c1-15-29(11,36-33)24(6)21-39-31(13,17-3)27(18-25(7)37-19-22(4)26(8)34-14)30(12,16-2)38-20-23(5)28(9,10)35-32/h22-27,34-36H,15-21H2,1-14H3. The molecule has 0 aliphatic rings. The van der Waals surface area contributed by atoms with E-state index in [0.717, 1.165) is 32.3 Å². The summed E-state index contributed by atoms with van der Waals surface area (Å²) in [5.41, 5.74) is -0.682. The number of halogens is 2. The Bertz CT molecular complexity index is 667. The maximum atomic E-state index is 6.98. The predicted molar refractivity (Wildman–Crippen MR) is 186 cm³/mol. The Balaban J connectivity index is 6.12. The van der Waals surface area contributed by atoms with Crippen LogP contribution in [0.1, 0.15) is 116 Å². The molecule has 0 saturated carbocycles. The van der Waals surface area contributed by atoms with Crippen LogP contribution in [0.4, 0.5) is 0 Å². The van der Waals surface area contributed by atoms with Crippen molar-refractivity contribution in [1.29, 1.82) is 0 Å². The number of ether oxygens (including phenoxy) is 3. The molecule has 0 aliphatic heterocycles. The van der Waals surface area contributed by atoms with E-state index in [1.54, 1.807) is 0 Å². The van der Waals surface area contributed by atoms with Crippen LogP contribution in [0.5, 0.6) is 0 Å². The highest BCUT2D eigenvalue weighted by Gasteiger charge is 2.48. The number of nitrogens with one attached hydrogen (secondary N) is 3. The zero-order valence-corrected chi connectivity index (χ0v) is 32.2. The van der Waals surface area contributed by atoms with Crippen molar-refractivity contribution in [2.75, 3.05) is 26.9 Å². The SMILES string of the molecule is CCC(C)(NI)C(C)COC(C)(CC)C(CC(C)OCC(C)C(C)NC)C(C)(CC)OCC(C)C(C)(C)NI. The summed E-state index contributed by atoms with van der Waals surface area (Å²) in [6.07, 6.45) is 3.88. The molecule has 0 spiro atoms. The van der Waals surface area contributed by atoms with Crippen molar-refractivity contribution in [3.05, 3.63) is 0 Å². The molecule has 236 valence electrons. The van der Waals surface area contributed by atoms with Crippen molar-refractivity contribution < 1.29 is 14.2 Å². The van der Waals surface area contributed by atoms with Crippen LogP contribution < -0.4 is 12.4 Å². The van der Waals surface area contributed by atoms with Crippen LogP contribution in [-0.4, -0.2) is 61.3 Å². The summed E-state index contributed by atoms with van der Waals surface area (Å²) in [5.74, 6) is 1.33. The fourth-order valence-corrected chi connectivity index (χ4v) is 6.26. The first kappa shape index (κ1) is 40.2. The van der Waals surface area contributed by atoms with E-state index in [9.17, 15) is 0 Å². The van der Waals surface area contributed by atoms with Crippen LogP contribution in [0.3, 0.4) is 0 Å². The van der Waals surface area contributed by atoms with Gasteiger partial charge in [0.25, 0.3) is 0 Å². The first-order chi connectivity index (χ1) is 18.0. The molecule has 0 aromatic heterocycles. The van der Waals surface area contributed by atoms with Crippen molar-refractivity contribution in [2.45, 2.75) is 150 Å². The Morgan fingerprint density at radius 3 is 1.56 bits per heavy atom.